The smallest absolute Gasteiger partial charge is 0.258 e. The molecule has 3 rings (SSSR count). The molecule has 2 amide bonds. The number of anilines is 2. The van der Waals surface area contributed by atoms with Crippen LogP contribution in [0.4, 0.5) is 11.4 Å². The lowest BCUT2D eigenvalue weighted by Gasteiger charge is -2.35. The summed E-state index contributed by atoms with van der Waals surface area (Å²) in [6.07, 6.45) is 0. The van der Waals surface area contributed by atoms with Gasteiger partial charge < -0.3 is 10.2 Å². The van der Waals surface area contributed by atoms with Crippen LogP contribution in [0.1, 0.15) is 29.8 Å². The average molecular weight is 340 g/mol. The summed E-state index contributed by atoms with van der Waals surface area (Å²) in [7, 11) is 0. The van der Waals surface area contributed by atoms with Gasteiger partial charge in [0.25, 0.3) is 5.91 Å². The second-order valence-electron chi connectivity index (χ2n) is 5.96. The molecule has 1 aliphatic heterocycles. The summed E-state index contributed by atoms with van der Waals surface area (Å²) >= 11 is 1.78. The Morgan fingerprint density at radius 3 is 2.67 bits per heavy atom. The maximum Gasteiger partial charge on any atom is 0.258 e. The third-order valence-corrected chi connectivity index (χ3v) is 5.44. The Morgan fingerprint density at radius 1 is 1.17 bits per heavy atom. The highest BCUT2D eigenvalue weighted by Crippen LogP contribution is 2.38. The zero-order valence-corrected chi connectivity index (χ0v) is 14.8. The van der Waals surface area contributed by atoms with E-state index in [4.69, 9.17) is 0 Å². The highest BCUT2D eigenvalue weighted by Gasteiger charge is 2.30. The number of thioether (sulfide) groups is 1. The van der Waals surface area contributed by atoms with Gasteiger partial charge in [0.15, 0.2) is 0 Å². The van der Waals surface area contributed by atoms with Crippen molar-refractivity contribution in [1.82, 2.24) is 0 Å². The molecule has 0 saturated carbocycles. The summed E-state index contributed by atoms with van der Waals surface area (Å²) in [6.45, 7) is 5.40. The summed E-state index contributed by atoms with van der Waals surface area (Å²) in [4.78, 5) is 27.6. The van der Waals surface area contributed by atoms with E-state index in [9.17, 15) is 9.59 Å². The van der Waals surface area contributed by atoms with Gasteiger partial charge in [-0.1, -0.05) is 18.2 Å². The molecule has 1 N–H and O–H groups in total. The maximum absolute atomic E-state index is 13.2. The van der Waals surface area contributed by atoms with Crippen LogP contribution < -0.4 is 10.2 Å². The lowest BCUT2D eigenvalue weighted by atomic mass is 10.0. The van der Waals surface area contributed by atoms with E-state index in [2.05, 4.69) is 12.2 Å². The minimum Gasteiger partial charge on any atom is -0.326 e. The second-order valence-corrected chi connectivity index (χ2v) is 7.02. The molecule has 0 radical (unpaired) electrons. The predicted octanol–water partition coefficient (Wildman–Crippen LogP) is 4.09. The third kappa shape index (κ3) is 3.04. The quantitative estimate of drug-likeness (QED) is 0.895. The Morgan fingerprint density at radius 2 is 1.92 bits per heavy atom. The van der Waals surface area contributed by atoms with E-state index < -0.39 is 0 Å². The van der Waals surface area contributed by atoms with Crippen LogP contribution in [0.15, 0.2) is 47.4 Å². The van der Waals surface area contributed by atoms with Crippen molar-refractivity contribution < 1.29 is 9.59 Å². The zero-order valence-electron chi connectivity index (χ0n) is 14.0. The van der Waals surface area contributed by atoms with E-state index in [1.807, 2.05) is 48.2 Å². The fraction of sp³-hybridized carbons (Fsp3) is 0.263. The summed E-state index contributed by atoms with van der Waals surface area (Å²) in [5.74, 6) is 0.698. The minimum absolute atomic E-state index is 0.0278. The first kappa shape index (κ1) is 16.6. The number of carbonyl (C=O) groups excluding carboxylic acids is 2. The Kier molecular flexibility index (Phi) is 4.62. The van der Waals surface area contributed by atoms with Crippen LogP contribution in [-0.4, -0.2) is 23.6 Å². The molecule has 0 saturated heterocycles. The van der Waals surface area contributed by atoms with Gasteiger partial charge in [-0.2, -0.15) is 0 Å². The Labute approximate surface area is 146 Å². The fourth-order valence-corrected chi connectivity index (χ4v) is 3.99. The van der Waals surface area contributed by atoms with Crippen LogP contribution in [0.25, 0.3) is 0 Å². The molecule has 5 heteroatoms. The van der Waals surface area contributed by atoms with Gasteiger partial charge in [-0.15, -0.1) is 11.8 Å². The molecule has 0 aromatic heterocycles. The normalized spacial score (nSPS) is 16.5. The van der Waals surface area contributed by atoms with E-state index in [0.29, 0.717) is 11.3 Å². The average Bonchev–Trinajstić information content (AvgIpc) is 2.56. The standard InChI is InChI=1S/C19H20N2O2S/c1-12-11-24-18-10-5-4-9-17(18)21(12)19(23)15-7-6-8-16(13(15)2)20-14(3)22/h4-10,12H,11H2,1-3H3,(H,20,22). The van der Waals surface area contributed by atoms with Crippen molar-refractivity contribution >= 4 is 35.0 Å². The van der Waals surface area contributed by atoms with E-state index in [-0.39, 0.29) is 17.9 Å². The molecular formula is C19H20N2O2S. The van der Waals surface area contributed by atoms with Gasteiger partial charge in [0.2, 0.25) is 5.91 Å². The first-order valence-corrected chi connectivity index (χ1v) is 8.90. The number of benzene rings is 2. The molecule has 1 unspecified atom stereocenters. The number of hydrogen-bond donors (Lipinski definition) is 1. The lowest BCUT2D eigenvalue weighted by Crippen LogP contribution is -2.42. The van der Waals surface area contributed by atoms with E-state index in [0.717, 1.165) is 21.9 Å². The molecule has 1 atom stereocenters. The Hall–Kier alpha value is -2.27. The number of para-hydroxylation sites is 1. The number of nitrogens with zero attached hydrogens (tertiary/aromatic N) is 1. The van der Waals surface area contributed by atoms with Gasteiger partial charge in [-0.3, -0.25) is 9.59 Å². The van der Waals surface area contributed by atoms with Crippen LogP contribution in [0.5, 0.6) is 0 Å². The van der Waals surface area contributed by atoms with Gasteiger partial charge in [0, 0.05) is 34.9 Å². The highest BCUT2D eigenvalue weighted by atomic mass is 32.2. The molecule has 4 nitrogen and oxygen atoms in total. The monoisotopic (exact) mass is 340 g/mol. The van der Waals surface area contributed by atoms with Gasteiger partial charge in [0.05, 0.1) is 5.69 Å². The van der Waals surface area contributed by atoms with Crippen molar-refractivity contribution in [3.8, 4) is 0 Å². The number of hydrogen-bond acceptors (Lipinski definition) is 3. The zero-order chi connectivity index (χ0) is 17.3. The second kappa shape index (κ2) is 6.69. The van der Waals surface area contributed by atoms with Crippen molar-refractivity contribution in [3.63, 3.8) is 0 Å². The Bertz CT molecular complexity index is 804. The van der Waals surface area contributed by atoms with Crippen molar-refractivity contribution in [3.05, 3.63) is 53.6 Å². The van der Waals surface area contributed by atoms with Gasteiger partial charge in [0.1, 0.15) is 0 Å². The lowest BCUT2D eigenvalue weighted by molar-refractivity contribution is -0.114. The van der Waals surface area contributed by atoms with E-state index in [1.165, 1.54) is 6.92 Å². The molecule has 0 spiro atoms. The van der Waals surface area contributed by atoms with Crippen LogP contribution in [0, 0.1) is 6.92 Å². The van der Waals surface area contributed by atoms with Crippen molar-refractivity contribution in [2.45, 2.75) is 31.7 Å². The summed E-state index contributed by atoms with van der Waals surface area (Å²) in [6, 6.07) is 13.5. The van der Waals surface area contributed by atoms with Crippen LogP contribution >= 0.6 is 11.8 Å². The number of nitrogens with one attached hydrogen (secondary N) is 1. The molecule has 1 heterocycles. The van der Waals surface area contributed by atoms with Crippen molar-refractivity contribution in [2.24, 2.45) is 0 Å². The van der Waals surface area contributed by atoms with Gasteiger partial charge >= 0.3 is 0 Å². The predicted molar refractivity (Wildman–Crippen MR) is 98.9 cm³/mol. The fourth-order valence-electron chi connectivity index (χ4n) is 2.93. The van der Waals surface area contributed by atoms with E-state index in [1.54, 1.807) is 17.8 Å². The summed E-state index contributed by atoms with van der Waals surface area (Å²) in [5.41, 5.74) is 3.05. The number of fused-ring (bicyclic) bond motifs is 1. The van der Waals surface area contributed by atoms with Crippen LogP contribution in [0.2, 0.25) is 0 Å². The summed E-state index contributed by atoms with van der Waals surface area (Å²) in [5, 5.41) is 2.79. The maximum atomic E-state index is 13.2. The minimum atomic E-state index is -0.143. The first-order chi connectivity index (χ1) is 11.5. The molecule has 2 aromatic rings. The van der Waals surface area contributed by atoms with Crippen molar-refractivity contribution in [2.75, 3.05) is 16.0 Å². The first-order valence-electron chi connectivity index (χ1n) is 7.91. The molecule has 2 aromatic carbocycles. The molecule has 1 aliphatic rings. The highest BCUT2D eigenvalue weighted by molar-refractivity contribution is 7.99. The molecule has 0 aliphatic carbocycles. The van der Waals surface area contributed by atoms with Gasteiger partial charge in [-0.05, 0) is 43.7 Å². The third-order valence-electron chi connectivity index (χ3n) is 4.14. The SMILES string of the molecule is CC(=O)Nc1cccc(C(=O)N2c3ccccc3SCC2C)c1C. The Balaban J connectivity index is 2.02. The number of carbonyl (C=O) groups is 2. The van der Waals surface area contributed by atoms with E-state index >= 15 is 0 Å². The largest absolute Gasteiger partial charge is 0.326 e. The summed E-state index contributed by atoms with van der Waals surface area (Å²) < 4.78 is 0. The molecule has 0 fully saturated rings. The van der Waals surface area contributed by atoms with Gasteiger partial charge in [-0.25, -0.2) is 0 Å². The number of amides is 2. The van der Waals surface area contributed by atoms with Crippen molar-refractivity contribution in [1.29, 1.82) is 0 Å². The molecule has 24 heavy (non-hydrogen) atoms. The van der Waals surface area contributed by atoms with Crippen LogP contribution in [-0.2, 0) is 4.79 Å². The molecular weight excluding hydrogens is 320 g/mol. The molecule has 0 bridgehead atoms. The topological polar surface area (TPSA) is 49.4 Å². The molecule has 124 valence electrons. The van der Waals surface area contributed by atoms with Crippen LogP contribution in [0.3, 0.4) is 0 Å². The number of rotatable bonds is 2.